The second kappa shape index (κ2) is 8.22. The summed E-state index contributed by atoms with van der Waals surface area (Å²) in [5.41, 5.74) is 1.11. The van der Waals surface area contributed by atoms with Gasteiger partial charge in [-0.05, 0) is 39.7 Å². The van der Waals surface area contributed by atoms with Crippen LogP contribution in [0.15, 0.2) is 5.38 Å². The molecule has 1 aromatic rings. The van der Waals surface area contributed by atoms with Crippen LogP contribution in [0.3, 0.4) is 0 Å². The second-order valence-corrected chi connectivity index (χ2v) is 6.67. The number of piperidine rings is 1. The van der Waals surface area contributed by atoms with Crippen LogP contribution in [0.25, 0.3) is 0 Å². The number of aliphatic hydroxyl groups excluding tert-OH is 1. The van der Waals surface area contributed by atoms with Crippen LogP contribution in [-0.4, -0.2) is 40.3 Å². The van der Waals surface area contributed by atoms with Crippen LogP contribution < -0.4 is 0 Å². The molecule has 1 aromatic heterocycles. The Hall–Kier alpha value is -0.490. The van der Waals surface area contributed by atoms with Crippen LogP contribution in [-0.2, 0) is 11.3 Å². The van der Waals surface area contributed by atoms with Gasteiger partial charge in [0, 0.05) is 24.6 Å². The maximum Gasteiger partial charge on any atom is 0.122 e. The summed E-state index contributed by atoms with van der Waals surface area (Å²) in [5, 5.41) is 13.4. The molecule has 0 spiro atoms. The molecule has 120 valence electrons. The van der Waals surface area contributed by atoms with E-state index in [0.717, 1.165) is 36.6 Å². The lowest BCUT2D eigenvalue weighted by molar-refractivity contribution is 0.0188. The van der Waals surface area contributed by atoms with Crippen LogP contribution in [0.4, 0.5) is 0 Å². The maximum absolute atomic E-state index is 10.2. The number of hydrogen-bond donors (Lipinski definition) is 1. The quantitative estimate of drug-likeness (QED) is 0.838. The molecule has 1 fully saturated rings. The molecule has 0 aromatic carbocycles. The molecule has 5 heteroatoms. The summed E-state index contributed by atoms with van der Waals surface area (Å²) >= 11 is 1.68. The summed E-state index contributed by atoms with van der Waals surface area (Å²) in [5.74, 6) is 0. The second-order valence-electron chi connectivity index (χ2n) is 5.78. The van der Waals surface area contributed by atoms with Gasteiger partial charge in [-0.1, -0.05) is 13.3 Å². The van der Waals surface area contributed by atoms with Crippen molar-refractivity contribution >= 4 is 11.3 Å². The minimum Gasteiger partial charge on any atom is -0.392 e. The van der Waals surface area contributed by atoms with Gasteiger partial charge in [-0.2, -0.15) is 0 Å². The Morgan fingerprint density at radius 2 is 2.29 bits per heavy atom. The molecule has 1 aliphatic heterocycles. The van der Waals surface area contributed by atoms with E-state index in [-0.39, 0.29) is 12.2 Å². The van der Waals surface area contributed by atoms with Crippen LogP contribution in [0.2, 0.25) is 0 Å². The maximum atomic E-state index is 10.2. The van der Waals surface area contributed by atoms with E-state index in [4.69, 9.17) is 9.72 Å². The van der Waals surface area contributed by atoms with Crippen LogP contribution in [0.1, 0.15) is 63.3 Å². The Labute approximate surface area is 132 Å². The third kappa shape index (κ3) is 4.49. The van der Waals surface area contributed by atoms with Gasteiger partial charge in [0.1, 0.15) is 11.1 Å². The van der Waals surface area contributed by atoms with E-state index in [2.05, 4.69) is 24.1 Å². The number of hydrogen-bond acceptors (Lipinski definition) is 5. The van der Waals surface area contributed by atoms with Gasteiger partial charge < -0.3 is 9.84 Å². The molecular formula is C16H28N2O2S. The van der Waals surface area contributed by atoms with Crippen molar-refractivity contribution in [2.24, 2.45) is 0 Å². The predicted molar refractivity (Wildman–Crippen MR) is 86.5 cm³/mol. The largest absolute Gasteiger partial charge is 0.392 e. The number of ether oxygens (including phenoxy) is 1. The zero-order valence-electron chi connectivity index (χ0n) is 13.4. The van der Waals surface area contributed by atoms with Crippen molar-refractivity contribution in [3.63, 3.8) is 0 Å². The van der Waals surface area contributed by atoms with Crippen LogP contribution >= 0.6 is 11.3 Å². The minimum atomic E-state index is -0.217. The standard InChI is InChI=1S/C16H28N2O2S/c1-4-15(19)14-8-6-7-9-18(14)10-13-11-21-16(17-13)12(3)20-5-2/h11-12,14-15,19H,4-10H2,1-3H3. The monoisotopic (exact) mass is 312 g/mol. The number of likely N-dealkylation sites (tertiary alicyclic amines) is 1. The number of nitrogens with zero attached hydrogens (tertiary/aromatic N) is 2. The smallest absolute Gasteiger partial charge is 0.122 e. The molecule has 2 rings (SSSR count). The highest BCUT2D eigenvalue weighted by atomic mass is 32.1. The van der Waals surface area contributed by atoms with Gasteiger partial charge in [-0.15, -0.1) is 11.3 Å². The van der Waals surface area contributed by atoms with Gasteiger partial charge in [-0.3, -0.25) is 4.90 Å². The fourth-order valence-electron chi connectivity index (χ4n) is 3.03. The van der Waals surface area contributed by atoms with E-state index >= 15 is 0 Å². The van der Waals surface area contributed by atoms with Crippen LogP contribution in [0, 0.1) is 0 Å². The lowest BCUT2D eigenvalue weighted by Gasteiger charge is -2.37. The van der Waals surface area contributed by atoms with E-state index in [1.165, 1.54) is 12.8 Å². The van der Waals surface area contributed by atoms with E-state index in [0.29, 0.717) is 12.6 Å². The van der Waals surface area contributed by atoms with Crippen molar-refractivity contribution in [1.82, 2.24) is 9.88 Å². The molecule has 1 N–H and O–H groups in total. The van der Waals surface area contributed by atoms with E-state index in [1.807, 2.05) is 6.92 Å². The zero-order chi connectivity index (χ0) is 15.2. The molecule has 0 aliphatic carbocycles. The van der Waals surface area contributed by atoms with Gasteiger partial charge in [-0.25, -0.2) is 4.98 Å². The zero-order valence-corrected chi connectivity index (χ0v) is 14.2. The fraction of sp³-hybridized carbons (Fsp3) is 0.812. The van der Waals surface area contributed by atoms with Crippen LogP contribution in [0.5, 0.6) is 0 Å². The SMILES string of the molecule is CCOC(C)c1nc(CN2CCCCC2C(O)CC)cs1. The normalized spacial score (nSPS) is 23.1. The van der Waals surface area contributed by atoms with Crippen molar-refractivity contribution in [2.75, 3.05) is 13.2 Å². The summed E-state index contributed by atoms with van der Waals surface area (Å²) in [6, 6.07) is 0.290. The summed E-state index contributed by atoms with van der Waals surface area (Å²) in [7, 11) is 0. The van der Waals surface area contributed by atoms with Gasteiger partial charge >= 0.3 is 0 Å². The first-order valence-corrected chi connectivity index (χ1v) is 9.01. The van der Waals surface area contributed by atoms with Gasteiger partial charge in [0.15, 0.2) is 0 Å². The minimum absolute atomic E-state index is 0.0761. The number of rotatable bonds is 7. The lowest BCUT2D eigenvalue weighted by atomic mass is 9.96. The third-order valence-electron chi connectivity index (χ3n) is 4.23. The molecule has 21 heavy (non-hydrogen) atoms. The number of aliphatic hydroxyl groups is 1. The Kier molecular flexibility index (Phi) is 6.61. The molecule has 0 saturated carbocycles. The lowest BCUT2D eigenvalue weighted by Crippen LogP contribution is -2.46. The van der Waals surface area contributed by atoms with Crippen molar-refractivity contribution in [3.05, 3.63) is 16.1 Å². The van der Waals surface area contributed by atoms with Gasteiger partial charge in [0.2, 0.25) is 0 Å². The molecule has 0 radical (unpaired) electrons. The third-order valence-corrected chi connectivity index (χ3v) is 5.28. The first-order chi connectivity index (χ1) is 10.2. The van der Waals surface area contributed by atoms with Crippen molar-refractivity contribution in [2.45, 2.75) is 71.2 Å². The summed E-state index contributed by atoms with van der Waals surface area (Å²) in [4.78, 5) is 7.12. The predicted octanol–water partition coefficient (Wildman–Crippen LogP) is 3.37. The summed E-state index contributed by atoms with van der Waals surface area (Å²) in [6.45, 7) is 8.74. The molecule has 3 unspecified atom stereocenters. The highest BCUT2D eigenvalue weighted by Crippen LogP contribution is 2.26. The molecule has 1 aliphatic rings. The number of thiazole rings is 1. The van der Waals surface area contributed by atoms with Crippen molar-refractivity contribution in [1.29, 1.82) is 0 Å². The average Bonchev–Trinajstić information content (AvgIpc) is 2.96. The Balaban J connectivity index is 1.99. The average molecular weight is 312 g/mol. The Bertz CT molecular complexity index is 424. The molecule has 3 atom stereocenters. The molecule has 0 amide bonds. The highest BCUT2D eigenvalue weighted by molar-refractivity contribution is 7.09. The van der Waals surface area contributed by atoms with Crippen molar-refractivity contribution in [3.8, 4) is 0 Å². The first kappa shape index (κ1) is 16.9. The molecule has 4 nitrogen and oxygen atoms in total. The molecule has 1 saturated heterocycles. The Morgan fingerprint density at radius 3 is 3.00 bits per heavy atom. The topological polar surface area (TPSA) is 45.6 Å². The van der Waals surface area contributed by atoms with E-state index in [9.17, 15) is 5.11 Å². The van der Waals surface area contributed by atoms with E-state index < -0.39 is 0 Å². The molecule has 2 heterocycles. The van der Waals surface area contributed by atoms with Crippen molar-refractivity contribution < 1.29 is 9.84 Å². The van der Waals surface area contributed by atoms with Gasteiger partial charge in [0.25, 0.3) is 0 Å². The molecular weight excluding hydrogens is 284 g/mol. The number of aromatic nitrogens is 1. The first-order valence-electron chi connectivity index (χ1n) is 8.13. The summed E-state index contributed by atoms with van der Waals surface area (Å²) in [6.07, 6.45) is 4.23. The Morgan fingerprint density at radius 1 is 1.48 bits per heavy atom. The van der Waals surface area contributed by atoms with Gasteiger partial charge in [0.05, 0.1) is 11.8 Å². The summed E-state index contributed by atoms with van der Waals surface area (Å²) < 4.78 is 5.60. The van der Waals surface area contributed by atoms with E-state index in [1.54, 1.807) is 11.3 Å². The highest BCUT2D eigenvalue weighted by Gasteiger charge is 2.28. The molecule has 0 bridgehead atoms. The fourth-order valence-corrected chi connectivity index (χ4v) is 3.85.